The van der Waals surface area contributed by atoms with Gasteiger partial charge in [-0.25, -0.2) is 0 Å². The van der Waals surface area contributed by atoms with Crippen molar-refractivity contribution < 1.29 is 14.3 Å². The van der Waals surface area contributed by atoms with Crippen molar-refractivity contribution in [1.82, 2.24) is 20.1 Å². The molecule has 0 unspecified atom stereocenters. The average Bonchev–Trinajstić information content (AvgIpc) is 2.85. The fourth-order valence-corrected chi connectivity index (χ4v) is 2.46. The number of aryl methyl sites for hydroxylation is 2. The van der Waals surface area contributed by atoms with Gasteiger partial charge < -0.3 is 10.1 Å². The van der Waals surface area contributed by atoms with Crippen molar-refractivity contribution >= 4 is 11.9 Å². The van der Waals surface area contributed by atoms with Crippen LogP contribution in [0.5, 0.6) is 0 Å². The molecule has 0 aromatic carbocycles. The minimum Gasteiger partial charge on any atom is -0.466 e. The second kappa shape index (κ2) is 8.24. The summed E-state index contributed by atoms with van der Waals surface area (Å²) >= 11 is 0. The Labute approximate surface area is 141 Å². The van der Waals surface area contributed by atoms with E-state index in [1.807, 2.05) is 19.1 Å². The molecule has 24 heavy (non-hydrogen) atoms. The standard InChI is InChI=1S/C17H22N4O3/c1-4-24-17(23)10-15(13-6-5-7-18-11-13)19-16(22)9-14-8-12(2)20-21(14)3/h5-8,11,15H,4,9-10H2,1-3H3,(H,19,22)/t15-/m1/s1. The smallest absolute Gasteiger partial charge is 0.308 e. The Morgan fingerprint density at radius 3 is 2.79 bits per heavy atom. The quantitative estimate of drug-likeness (QED) is 0.777. The fourth-order valence-electron chi connectivity index (χ4n) is 2.46. The summed E-state index contributed by atoms with van der Waals surface area (Å²) < 4.78 is 6.67. The monoisotopic (exact) mass is 330 g/mol. The Morgan fingerprint density at radius 2 is 2.21 bits per heavy atom. The van der Waals surface area contributed by atoms with E-state index in [-0.39, 0.29) is 24.7 Å². The number of esters is 1. The third-order valence-corrected chi connectivity index (χ3v) is 3.54. The average molecular weight is 330 g/mol. The molecule has 0 saturated heterocycles. The van der Waals surface area contributed by atoms with Crippen molar-refractivity contribution in [3.05, 3.63) is 47.5 Å². The largest absolute Gasteiger partial charge is 0.466 e. The van der Waals surface area contributed by atoms with E-state index < -0.39 is 6.04 Å². The molecule has 0 radical (unpaired) electrons. The molecule has 0 aliphatic heterocycles. The van der Waals surface area contributed by atoms with Crippen LogP contribution in [0.2, 0.25) is 0 Å². The molecule has 0 saturated carbocycles. The first-order chi connectivity index (χ1) is 11.5. The summed E-state index contributed by atoms with van der Waals surface area (Å²) in [7, 11) is 1.80. The fraction of sp³-hybridized carbons (Fsp3) is 0.412. The van der Waals surface area contributed by atoms with Crippen LogP contribution in [-0.4, -0.2) is 33.2 Å². The maximum Gasteiger partial charge on any atom is 0.308 e. The molecule has 0 aliphatic carbocycles. The van der Waals surface area contributed by atoms with Gasteiger partial charge in [0.1, 0.15) is 0 Å². The van der Waals surface area contributed by atoms with Crippen molar-refractivity contribution in [3.63, 3.8) is 0 Å². The lowest BCUT2D eigenvalue weighted by molar-refractivity contribution is -0.143. The van der Waals surface area contributed by atoms with Gasteiger partial charge in [0.25, 0.3) is 0 Å². The Hall–Kier alpha value is -2.70. The zero-order chi connectivity index (χ0) is 17.5. The molecular weight excluding hydrogens is 308 g/mol. The maximum atomic E-state index is 12.4. The highest BCUT2D eigenvalue weighted by Gasteiger charge is 2.20. The van der Waals surface area contributed by atoms with Gasteiger partial charge in [-0.05, 0) is 31.5 Å². The van der Waals surface area contributed by atoms with Gasteiger partial charge in [0.15, 0.2) is 0 Å². The van der Waals surface area contributed by atoms with Crippen LogP contribution in [0.1, 0.15) is 36.3 Å². The zero-order valence-electron chi connectivity index (χ0n) is 14.2. The topological polar surface area (TPSA) is 86.1 Å². The van der Waals surface area contributed by atoms with Crippen LogP contribution in [0.25, 0.3) is 0 Å². The highest BCUT2D eigenvalue weighted by molar-refractivity contribution is 5.80. The SMILES string of the molecule is CCOC(=O)C[C@@H](NC(=O)Cc1cc(C)nn1C)c1cccnc1. The van der Waals surface area contributed by atoms with Crippen LogP contribution < -0.4 is 5.32 Å². The van der Waals surface area contributed by atoms with Crippen molar-refractivity contribution in [2.45, 2.75) is 32.7 Å². The number of hydrogen-bond acceptors (Lipinski definition) is 5. The number of amides is 1. The summed E-state index contributed by atoms with van der Waals surface area (Å²) in [6, 6.07) is 4.99. The van der Waals surface area contributed by atoms with Gasteiger partial charge in [-0.1, -0.05) is 6.07 Å². The van der Waals surface area contributed by atoms with Gasteiger partial charge >= 0.3 is 5.97 Å². The van der Waals surface area contributed by atoms with E-state index in [0.717, 1.165) is 17.0 Å². The van der Waals surface area contributed by atoms with Crippen molar-refractivity contribution in [3.8, 4) is 0 Å². The number of rotatable bonds is 7. The molecule has 1 amide bonds. The lowest BCUT2D eigenvalue weighted by Gasteiger charge is -2.18. The van der Waals surface area contributed by atoms with Crippen LogP contribution >= 0.6 is 0 Å². The maximum absolute atomic E-state index is 12.4. The van der Waals surface area contributed by atoms with Crippen LogP contribution in [0.15, 0.2) is 30.6 Å². The van der Waals surface area contributed by atoms with Crippen molar-refractivity contribution in [1.29, 1.82) is 0 Å². The van der Waals surface area contributed by atoms with Gasteiger partial charge in [-0.3, -0.25) is 19.3 Å². The highest BCUT2D eigenvalue weighted by Crippen LogP contribution is 2.17. The molecule has 128 valence electrons. The number of carbonyl (C=O) groups excluding carboxylic acids is 2. The Kier molecular flexibility index (Phi) is 6.06. The van der Waals surface area contributed by atoms with E-state index >= 15 is 0 Å². The molecule has 1 atom stereocenters. The van der Waals surface area contributed by atoms with Crippen LogP contribution in [-0.2, 0) is 27.8 Å². The van der Waals surface area contributed by atoms with Crippen molar-refractivity contribution in [2.24, 2.45) is 7.05 Å². The second-order valence-electron chi connectivity index (χ2n) is 5.49. The summed E-state index contributed by atoms with van der Waals surface area (Å²) in [4.78, 5) is 28.2. The highest BCUT2D eigenvalue weighted by atomic mass is 16.5. The van der Waals surface area contributed by atoms with E-state index in [0.29, 0.717) is 6.61 Å². The van der Waals surface area contributed by atoms with Crippen LogP contribution in [0.3, 0.4) is 0 Å². The molecule has 7 heteroatoms. The summed E-state index contributed by atoms with van der Waals surface area (Å²) in [5.41, 5.74) is 2.43. The molecule has 0 fully saturated rings. The first-order valence-electron chi connectivity index (χ1n) is 7.84. The lowest BCUT2D eigenvalue weighted by Crippen LogP contribution is -2.32. The number of hydrogen-bond donors (Lipinski definition) is 1. The van der Waals surface area contributed by atoms with Gasteiger partial charge in [0, 0.05) is 25.1 Å². The Balaban J connectivity index is 2.08. The minimum atomic E-state index is -0.473. The summed E-state index contributed by atoms with van der Waals surface area (Å²) in [5, 5.41) is 7.11. The first kappa shape index (κ1) is 17.7. The predicted molar refractivity (Wildman–Crippen MR) is 88.0 cm³/mol. The van der Waals surface area contributed by atoms with Crippen molar-refractivity contribution in [2.75, 3.05) is 6.61 Å². The Bertz CT molecular complexity index is 697. The first-order valence-corrected chi connectivity index (χ1v) is 7.84. The molecule has 0 aliphatic rings. The van der Waals surface area contributed by atoms with Gasteiger partial charge in [0.05, 0.1) is 31.2 Å². The van der Waals surface area contributed by atoms with E-state index in [1.54, 1.807) is 37.1 Å². The Morgan fingerprint density at radius 1 is 1.42 bits per heavy atom. The number of ether oxygens (including phenoxy) is 1. The third-order valence-electron chi connectivity index (χ3n) is 3.54. The molecule has 2 aromatic heterocycles. The van der Waals surface area contributed by atoms with Crippen LogP contribution in [0.4, 0.5) is 0 Å². The minimum absolute atomic E-state index is 0.0652. The summed E-state index contributed by atoms with van der Waals surface area (Å²) in [6.45, 7) is 3.93. The number of aromatic nitrogens is 3. The molecule has 2 aromatic rings. The van der Waals surface area contributed by atoms with Gasteiger partial charge in [-0.2, -0.15) is 5.10 Å². The van der Waals surface area contributed by atoms with E-state index in [1.165, 1.54) is 0 Å². The number of nitrogens with one attached hydrogen (secondary N) is 1. The third kappa shape index (κ3) is 4.91. The number of carbonyl (C=O) groups is 2. The zero-order valence-corrected chi connectivity index (χ0v) is 14.2. The molecule has 2 rings (SSSR count). The molecular formula is C17H22N4O3. The molecule has 0 spiro atoms. The normalized spacial score (nSPS) is 11.8. The van der Waals surface area contributed by atoms with E-state index in [9.17, 15) is 9.59 Å². The molecule has 0 bridgehead atoms. The predicted octanol–water partition coefficient (Wildman–Crippen LogP) is 1.48. The van der Waals surface area contributed by atoms with Gasteiger partial charge in [0.2, 0.25) is 5.91 Å². The number of pyridine rings is 1. The molecule has 2 heterocycles. The van der Waals surface area contributed by atoms with E-state index in [4.69, 9.17) is 4.74 Å². The molecule has 7 nitrogen and oxygen atoms in total. The summed E-state index contributed by atoms with van der Waals surface area (Å²) in [6.07, 6.45) is 3.54. The molecule has 1 N–H and O–H groups in total. The summed E-state index contributed by atoms with van der Waals surface area (Å²) in [5.74, 6) is -0.542. The van der Waals surface area contributed by atoms with Crippen LogP contribution in [0, 0.1) is 6.92 Å². The van der Waals surface area contributed by atoms with Gasteiger partial charge in [-0.15, -0.1) is 0 Å². The van der Waals surface area contributed by atoms with E-state index in [2.05, 4.69) is 15.4 Å². The second-order valence-corrected chi connectivity index (χ2v) is 5.49. The number of nitrogens with zero attached hydrogens (tertiary/aromatic N) is 3. The lowest BCUT2D eigenvalue weighted by atomic mass is 10.1.